The lowest BCUT2D eigenvalue weighted by molar-refractivity contribution is -0.140. The van der Waals surface area contributed by atoms with Crippen LogP contribution in [0.1, 0.15) is 37.0 Å². The molecule has 0 aliphatic heterocycles. The van der Waals surface area contributed by atoms with Crippen molar-refractivity contribution in [2.75, 3.05) is 25.1 Å². The van der Waals surface area contributed by atoms with Crippen LogP contribution in [0.15, 0.2) is 102 Å². The molecule has 2 amide bonds. The van der Waals surface area contributed by atoms with Gasteiger partial charge < -0.3 is 19.7 Å². The Morgan fingerprint density at radius 1 is 0.854 bits per heavy atom. The zero-order valence-corrected chi connectivity index (χ0v) is 28.7. The lowest BCUT2D eigenvalue weighted by atomic mass is 10.0. The average Bonchev–Trinajstić information content (AvgIpc) is 3.09. The molecular weight excluding hydrogens is 633 g/mol. The fraction of sp³-hybridized carbons (Fsp3) is 0.297. The highest BCUT2D eigenvalue weighted by atomic mass is 32.2. The normalized spacial score (nSPS) is 12.5. The largest absolute Gasteiger partial charge is 0.493 e. The zero-order chi connectivity index (χ0) is 34.8. The Hall–Kier alpha value is -4.90. The molecule has 0 aromatic heterocycles. The maximum atomic E-state index is 14.6. The first kappa shape index (κ1) is 35.9. The van der Waals surface area contributed by atoms with Gasteiger partial charge >= 0.3 is 0 Å². The molecule has 4 aromatic carbocycles. The lowest BCUT2D eigenvalue weighted by Crippen LogP contribution is -2.54. The summed E-state index contributed by atoms with van der Waals surface area (Å²) in [5.74, 6) is -0.900. The number of hydrogen-bond acceptors (Lipinski definition) is 6. The number of hydrogen-bond donors (Lipinski definition) is 1. The van der Waals surface area contributed by atoms with E-state index in [1.807, 2.05) is 51.1 Å². The van der Waals surface area contributed by atoms with Crippen LogP contribution in [0.4, 0.5) is 10.1 Å². The van der Waals surface area contributed by atoms with Crippen molar-refractivity contribution in [3.05, 3.63) is 120 Å². The quantitative estimate of drug-likeness (QED) is 0.168. The monoisotopic (exact) mass is 675 g/mol. The van der Waals surface area contributed by atoms with E-state index in [2.05, 4.69) is 5.32 Å². The van der Waals surface area contributed by atoms with Crippen LogP contribution >= 0.6 is 0 Å². The molecule has 0 heterocycles. The number of sulfonamides is 1. The number of halogens is 1. The van der Waals surface area contributed by atoms with Crippen molar-refractivity contribution in [1.82, 2.24) is 10.2 Å². The Morgan fingerprint density at radius 3 is 2.10 bits per heavy atom. The number of anilines is 1. The molecule has 254 valence electrons. The summed E-state index contributed by atoms with van der Waals surface area (Å²) in [6.45, 7) is 5.00. The number of carbonyl (C=O) groups is 2. The lowest BCUT2D eigenvalue weighted by Gasteiger charge is -2.34. The minimum Gasteiger partial charge on any atom is -0.493 e. The Kier molecular flexibility index (Phi) is 12.2. The summed E-state index contributed by atoms with van der Waals surface area (Å²) in [6, 6.07) is 24.7. The third kappa shape index (κ3) is 8.92. The van der Waals surface area contributed by atoms with E-state index in [9.17, 15) is 22.4 Å². The number of rotatable bonds is 15. The van der Waals surface area contributed by atoms with E-state index in [0.717, 1.165) is 15.4 Å². The number of carbonyl (C=O) groups excluding carboxylic acids is 2. The van der Waals surface area contributed by atoms with Crippen molar-refractivity contribution in [3.8, 4) is 11.5 Å². The summed E-state index contributed by atoms with van der Waals surface area (Å²) < 4.78 is 54.3. The fourth-order valence-corrected chi connectivity index (χ4v) is 6.56. The van der Waals surface area contributed by atoms with Gasteiger partial charge in [0.15, 0.2) is 11.5 Å². The number of aryl methyl sites for hydroxylation is 1. The van der Waals surface area contributed by atoms with Crippen molar-refractivity contribution in [2.24, 2.45) is 0 Å². The first-order chi connectivity index (χ1) is 23.0. The molecule has 0 radical (unpaired) electrons. The first-order valence-corrected chi connectivity index (χ1v) is 17.1. The third-order valence-electron chi connectivity index (χ3n) is 8.08. The van der Waals surface area contributed by atoms with Crippen LogP contribution in [0.5, 0.6) is 11.5 Å². The van der Waals surface area contributed by atoms with Crippen LogP contribution in [-0.2, 0) is 32.6 Å². The van der Waals surface area contributed by atoms with Gasteiger partial charge in [-0.25, -0.2) is 12.8 Å². The molecule has 0 aliphatic rings. The van der Waals surface area contributed by atoms with Crippen LogP contribution in [0, 0.1) is 12.7 Å². The molecule has 9 nitrogen and oxygen atoms in total. The number of benzene rings is 4. The van der Waals surface area contributed by atoms with Gasteiger partial charge in [-0.05, 0) is 67.8 Å². The second-order valence-electron chi connectivity index (χ2n) is 11.5. The summed E-state index contributed by atoms with van der Waals surface area (Å²) in [6.07, 6.45) is 0.837. The van der Waals surface area contributed by atoms with Crippen LogP contribution in [0.25, 0.3) is 0 Å². The molecular formula is C37H42FN3O6S. The number of nitrogens with one attached hydrogen (secondary N) is 1. The SMILES string of the molecule is CC[C@H](C)NC(=O)[C@H](Cc1ccccc1)N(Cc1ccc(F)cc1)C(=O)CN(c1ccc(C)cc1)S(=O)(=O)c1ccc(OC)c(OC)c1. The maximum absolute atomic E-state index is 14.6. The molecule has 11 heteroatoms. The van der Waals surface area contributed by atoms with Gasteiger partial charge in [-0.2, -0.15) is 0 Å². The van der Waals surface area contributed by atoms with Crippen molar-refractivity contribution < 1.29 is 31.9 Å². The highest BCUT2D eigenvalue weighted by Gasteiger charge is 2.35. The van der Waals surface area contributed by atoms with Crippen LogP contribution in [0.3, 0.4) is 0 Å². The molecule has 2 atom stereocenters. The summed E-state index contributed by atoms with van der Waals surface area (Å²) >= 11 is 0. The minimum absolute atomic E-state index is 0.0668. The first-order valence-electron chi connectivity index (χ1n) is 15.7. The molecule has 0 spiro atoms. The predicted molar refractivity (Wildman–Crippen MR) is 184 cm³/mol. The van der Waals surface area contributed by atoms with Gasteiger partial charge in [-0.1, -0.05) is 67.1 Å². The Balaban J connectivity index is 1.82. The van der Waals surface area contributed by atoms with Gasteiger partial charge in [0.25, 0.3) is 10.0 Å². The van der Waals surface area contributed by atoms with Crippen molar-refractivity contribution in [1.29, 1.82) is 0 Å². The van der Waals surface area contributed by atoms with Gasteiger partial charge in [0.2, 0.25) is 11.8 Å². The predicted octanol–water partition coefficient (Wildman–Crippen LogP) is 5.90. The van der Waals surface area contributed by atoms with Gasteiger partial charge in [0.1, 0.15) is 18.4 Å². The maximum Gasteiger partial charge on any atom is 0.264 e. The number of methoxy groups -OCH3 is 2. The number of ether oxygens (including phenoxy) is 2. The molecule has 0 saturated carbocycles. The summed E-state index contributed by atoms with van der Waals surface area (Å²) in [4.78, 5) is 29.8. The molecule has 4 rings (SSSR count). The molecule has 0 fully saturated rings. The molecule has 0 bridgehead atoms. The van der Waals surface area contributed by atoms with Gasteiger partial charge in [-0.3, -0.25) is 13.9 Å². The minimum atomic E-state index is -4.36. The van der Waals surface area contributed by atoms with Crippen LogP contribution in [0.2, 0.25) is 0 Å². The van der Waals surface area contributed by atoms with Crippen LogP contribution < -0.4 is 19.1 Å². The average molecular weight is 676 g/mol. The summed E-state index contributed by atoms with van der Waals surface area (Å²) in [7, 11) is -1.51. The van der Waals surface area contributed by atoms with E-state index in [1.165, 1.54) is 49.5 Å². The molecule has 48 heavy (non-hydrogen) atoms. The highest BCUT2D eigenvalue weighted by Crippen LogP contribution is 2.32. The van der Waals surface area contributed by atoms with E-state index in [-0.39, 0.29) is 41.2 Å². The fourth-order valence-electron chi connectivity index (χ4n) is 5.13. The molecule has 1 N–H and O–H groups in total. The van der Waals surface area contributed by atoms with Crippen molar-refractivity contribution in [2.45, 2.75) is 57.1 Å². The second kappa shape index (κ2) is 16.3. The van der Waals surface area contributed by atoms with E-state index in [4.69, 9.17) is 9.47 Å². The van der Waals surface area contributed by atoms with Gasteiger partial charge in [0.05, 0.1) is 24.8 Å². The number of amides is 2. The Labute approximate surface area is 282 Å². The van der Waals surface area contributed by atoms with Crippen molar-refractivity contribution in [3.63, 3.8) is 0 Å². The van der Waals surface area contributed by atoms with E-state index in [1.54, 1.807) is 36.4 Å². The number of nitrogens with zero attached hydrogens (tertiary/aromatic N) is 2. The van der Waals surface area contributed by atoms with Crippen LogP contribution in [-0.4, -0.2) is 58.0 Å². The standard InChI is InChI=1S/C37H42FN3O6S/c1-6-27(3)39-37(43)33(22-28-10-8-7-9-11-28)40(24-29-14-16-30(38)17-15-29)36(42)25-41(31-18-12-26(2)13-19-31)48(44,45)32-20-21-34(46-4)35(23-32)47-5/h7-21,23,27,33H,6,22,24-25H2,1-5H3,(H,39,43)/t27-,33-/m0/s1. The van der Waals surface area contributed by atoms with Gasteiger partial charge in [-0.15, -0.1) is 0 Å². The molecule has 0 unspecified atom stereocenters. The summed E-state index contributed by atoms with van der Waals surface area (Å²) in [5.41, 5.74) is 2.54. The Morgan fingerprint density at radius 2 is 1.50 bits per heavy atom. The third-order valence-corrected chi connectivity index (χ3v) is 9.85. The summed E-state index contributed by atoms with van der Waals surface area (Å²) in [5, 5.41) is 3.00. The van der Waals surface area contributed by atoms with E-state index >= 15 is 0 Å². The van der Waals surface area contributed by atoms with E-state index in [0.29, 0.717) is 17.7 Å². The van der Waals surface area contributed by atoms with Gasteiger partial charge in [0, 0.05) is 25.1 Å². The smallest absolute Gasteiger partial charge is 0.264 e. The molecule has 0 saturated heterocycles. The van der Waals surface area contributed by atoms with E-state index < -0.39 is 34.3 Å². The highest BCUT2D eigenvalue weighted by molar-refractivity contribution is 7.92. The zero-order valence-electron chi connectivity index (χ0n) is 27.9. The topological polar surface area (TPSA) is 105 Å². The Bertz CT molecular complexity index is 1780. The second-order valence-corrected chi connectivity index (χ2v) is 13.4. The molecule has 0 aliphatic carbocycles. The van der Waals surface area contributed by atoms with Crippen molar-refractivity contribution >= 4 is 27.5 Å². The molecule has 4 aromatic rings.